The fourth-order valence-electron chi connectivity index (χ4n) is 1.60. The van der Waals surface area contributed by atoms with Crippen molar-refractivity contribution in [3.05, 3.63) is 46.3 Å². The minimum atomic E-state index is -1.19. The first kappa shape index (κ1) is 15.0. The van der Waals surface area contributed by atoms with E-state index in [9.17, 15) is 9.90 Å². The number of nitrogens with zero attached hydrogens (tertiary/aromatic N) is 3. The number of ether oxygens (including phenoxy) is 1. The molecule has 2 atom stereocenters. The van der Waals surface area contributed by atoms with Gasteiger partial charge in [-0.3, -0.25) is 4.79 Å². The summed E-state index contributed by atoms with van der Waals surface area (Å²) in [5.74, 6) is -0.706. The van der Waals surface area contributed by atoms with Crippen LogP contribution in [-0.4, -0.2) is 23.2 Å². The summed E-state index contributed by atoms with van der Waals surface area (Å²) in [4.78, 5) is 14.4. The largest absolute Gasteiger partial charge is 0.460 e. The van der Waals surface area contributed by atoms with Gasteiger partial charge in [-0.2, -0.15) is 0 Å². The Kier molecular flexibility index (Phi) is 6.43. The van der Waals surface area contributed by atoms with Gasteiger partial charge in [-0.05, 0) is 17.5 Å². The number of benzene rings is 1. The Morgan fingerprint density at radius 1 is 1.47 bits per heavy atom. The zero-order valence-electron chi connectivity index (χ0n) is 10.8. The molecule has 0 heterocycles. The molecule has 102 valence electrons. The molecule has 19 heavy (non-hydrogen) atoms. The molecule has 0 bridgehead atoms. The molecule has 1 N–H and O–H groups in total. The highest BCUT2D eigenvalue weighted by Gasteiger charge is 2.26. The normalized spacial score (nSPS) is 13.2. The molecule has 0 aliphatic carbocycles. The predicted molar refractivity (Wildman–Crippen MR) is 70.1 cm³/mol. The monoisotopic (exact) mass is 263 g/mol. The fraction of sp³-hybridized carbons (Fsp3) is 0.462. The Hall–Kier alpha value is -2.04. The number of aliphatic hydroxyl groups excluding tert-OH is 1. The summed E-state index contributed by atoms with van der Waals surface area (Å²) in [6.45, 7) is 1.96. The average molecular weight is 263 g/mol. The molecule has 1 aromatic carbocycles. The van der Waals surface area contributed by atoms with Crippen molar-refractivity contribution in [1.82, 2.24) is 0 Å². The molecule has 0 aliphatic heterocycles. The third-order valence-electron chi connectivity index (χ3n) is 2.59. The van der Waals surface area contributed by atoms with Crippen LogP contribution in [0, 0.1) is 0 Å². The van der Waals surface area contributed by atoms with E-state index in [0.29, 0.717) is 12.8 Å². The van der Waals surface area contributed by atoms with E-state index in [1.54, 1.807) is 0 Å². The molecule has 0 saturated carbocycles. The summed E-state index contributed by atoms with van der Waals surface area (Å²) in [5.41, 5.74) is 9.26. The SMILES string of the molecule is CCC[C@H](O)[C@@H](N=[N+]=[N-])C(=O)OCc1ccccc1. The van der Waals surface area contributed by atoms with Crippen molar-refractivity contribution >= 4 is 5.97 Å². The van der Waals surface area contributed by atoms with Gasteiger partial charge in [-0.25, -0.2) is 0 Å². The third-order valence-corrected chi connectivity index (χ3v) is 2.59. The van der Waals surface area contributed by atoms with E-state index in [4.69, 9.17) is 10.3 Å². The molecule has 6 nitrogen and oxygen atoms in total. The molecule has 0 unspecified atom stereocenters. The molecule has 0 aromatic heterocycles. The van der Waals surface area contributed by atoms with Crippen LogP contribution in [0.5, 0.6) is 0 Å². The average Bonchev–Trinajstić information content (AvgIpc) is 2.43. The second-order valence-electron chi connectivity index (χ2n) is 4.10. The van der Waals surface area contributed by atoms with Gasteiger partial charge in [0.15, 0.2) is 6.04 Å². The van der Waals surface area contributed by atoms with Crippen LogP contribution < -0.4 is 0 Å². The molecule has 0 fully saturated rings. The highest BCUT2D eigenvalue weighted by molar-refractivity contribution is 5.76. The summed E-state index contributed by atoms with van der Waals surface area (Å²) in [7, 11) is 0. The maximum absolute atomic E-state index is 11.8. The first-order chi connectivity index (χ1) is 9.19. The lowest BCUT2D eigenvalue weighted by molar-refractivity contribution is -0.149. The van der Waals surface area contributed by atoms with E-state index in [0.717, 1.165) is 5.56 Å². The maximum Gasteiger partial charge on any atom is 0.317 e. The molecule has 0 amide bonds. The maximum atomic E-state index is 11.8. The van der Waals surface area contributed by atoms with Gasteiger partial charge in [0.05, 0.1) is 6.10 Å². The van der Waals surface area contributed by atoms with Crippen LogP contribution >= 0.6 is 0 Å². The minimum Gasteiger partial charge on any atom is -0.460 e. The number of azide groups is 1. The molecule has 1 aromatic rings. The van der Waals surface area contributed by atoms with E-state index in [2.05, 4.69) is 10.0 Å². The van der Waals surface area contributed by atoms with E-state index in [-0.39, 0.29) is 6.61 Å². The predicted octanol–water partition coefficient (Wildman–Crippen LogP) is 2.57. The van der Waals surface area contributed by atoms with E-state index < -0.39 is 18.1 Å². The summed E-state index contributed by atoms with van der Waals surface area (Å²) in [6.07, 6.45) is 0.0542. The van der Waals surface area contributed by atoms with Gasteiger partial charge in [-0.1, -0.05) is 48.8 Å². The second kappa shape index (κ2) is 8.13. The van der Waals surface area contributed by atoms with Crippen LogP contribution in [0.2, 0.25) is 0 Å². The van der Waals surface area contributed by atoms with Crippen LogP contribution in [0.1, 0.15) is 25.3 Å². The quantitative estimate of drug-likeness (QED) is 0.354. The zero-order chi connectivity index (χ0) is 14.1. The highest BCUT2D eigenvalue weighted by Crippen LogP contribution is 2.10. The Morgan fingerprint density at radius 3 is 2.74 bits per heavy atom. The smallest absolute Gasteiger partial charge is 0.317 e. The fourth-order valence-corrected chi connectivity index (χ4v) is 1.60. The number of hydrogen-bond acceptors (Lipinski definition) is 4. The summed E-state index contributed by atoms with van der Waals surface area (Å²) in [6, 6.07) is 7.98. The second-order valence-corrected chi connectivity index (χ2v) is 4.10. The molecule has 0 aliphatic rings. The Balaban J connectivity index is 2.60. The van der Waals surface area contributed by atoms with Gasteiger partial charge in [0.2, 0.25) is 0 Å². The van der Waals surface area contributed by atoms with Crippen molar-refractivity contribution in [2.24, 2.45) is 5.11 Å². The molecule has 6 heteroatoms. The number of hydrogen-bond donors (Lipinski definition) is 1. The molecule has 0 radical (unpaired) electrons. The van der Waals surface area contributed by atoms with Gasteiger partial charge >= 0.3 is 5.97 Å². The van der Waals surface area contributed by atoms with Crippen molar-refractivity contribution in [2.45, 2.75) is 38.5 Å². The van der Waals surface area contributed by atoms with Crippen molar-refractivity contribution in [1.29, 1.82) is 0 Å². The van der Waals surface area contributed by atoms with Gasteiger partial charge in [-0.15, -0.1) is 0 Å². The Morgan fingerprint density at radius 2 is 2.16 bits per heavy atom. The standard InChI is InChI=1S/C13H17N3O3/c1-2-6-11(17)12(15-16-14)13(18)19-9-10-7-4-3-5-8-10/h3-5,7-8,11-12,17H,2,6,9H2,1H3/t11-,12+/m0/s1. The Labute approximate surface area is 111 Å². The lowest BCUT2D eigenvalue weighted by Crippen LogP contribution is -2.33. The topological polar surface area (TPSA) is 95.3 Å². The van der Waals surface area contributed by atoms with Gasteiger partial charge in [0, 0.05) is 4.91 Å². The third kappa shape index (κ3) is 4.99. The first-order valence-corrected chi connectivity index (χ1v) is 6.11. The summed E-state index contributed by atoms with van der Waals surface area (Å²) in [5, 5.41) is 13.1. The van der Waals surface area contributed by atoms with Gasteiger partial charge in [0.1, 0.15) is 6.61 Å². The van der Waals surface area contributed by atoms with E-state index in [1.807, 2.05) is 37.3 Å². The Bertz CT molecular complexity index is 444. The van der Waals surface area contributed by atoms with Crippen LogP contribution in [0.15, 0.2) is 35.4 Å². The van der Waals surface area contributed by atoms with E-state index >= 15 is 0 Å². The summed E-state index contributed by atoms with van der Waals surface area (Å²) < 4.78 is 5.05. The zero-order valence-corrected chi connectivity index (χ0v) is 10.8. The van der Waals surface area contributed by atoms with Gasteiger partial charge < -0.3 is 9.84 Å². The number of carbonyl (C=O) groups is 1. The van der Waals surface area contributed by atoms with Crippen LogP contribution in [0.3, 0.4) is 0 Å². The highest BCUT2D eigenvalue weighted by atomic mass is 16.5. The lowest BCUT2D eigenvalue weighted by Gasteiger charge is -2.16. The number of rotatable bonds is 7. The molecular formula is C13H17N3O3. The van der Waals surface area contributed by atoms with Crippen LogP contribution in [0.25, 0.3) is 10.4 Å². The van der Waals surface area contributed by atoms with Crippen molar-refractivity contribution in [2.75, 3.05) is 0 Å². The number of carbonyl (C=O) groups excluding carboxylic acids is 1. The molecule has 1 rings (SSSR count). The minimum absolute atomic E-state index is 0.0932. The van der Waals surface area contributed by atoms with E-state index in [1.165, 1.54) is 0 Å². The lowest BCUT2D eigenvalue weighted by atomic mass is 10.1. The molecular weight excluding hydrogens is 246 g/mol. The number of aliphatic hydroxyl groups is 1. The number of esters is 1. The molecule has 0 spiro atoms. The van der Waals surface area contributed by atoms with Crippen molar-refractivity contribution < 1.29 is 14.6 Å². The first-order valence-electron chi connectivity index (χ1n) is 6.11. The molecule has 0 saturated heterocycles. The van der Waals surface area contributed by atoms with Crippen LogP contribution in [-0.2, 0) is 16.1 Å². The van der Waals surface area contributed by atoms with Crippen LogP contribution in [0.4, 0.5) is 0 Å². The van der Waals surface area contributed by atoms with Crippen molar-refractivity contribution in [3.8, 4) is 0 Å². The summed E-state index contributed by atoms with van der Waals surface area (Å²) >= 11 is 0. The van der Waals surface area contributed by atoms with Gasteiger partial charge in [0.25, 0.3) is 0 Å². The van der Waals surface area contributed by atoms with Crippen molar-refractivity contribution in [3.63, 3.8) is 0 Å².